The van der Waals surface area contributed by atoms with Crippen LogP contribution in [0.2, 0.25) is 0 Å². The molecule has 1 aromatic heterocycles. The van der Waals surface area contributed by atoms with E-state index in [-0.39, 0.29) is 16.9 Å². The summed E-state index contributed by atoms with van der Waals surface area (Å²) >= 11 is 0. The lowest BCUT2D eigenvalue weighted by Crippen LogP contribution is -2.47. The van der Waals surface area contributed by atoms with Gasteiger partial charge < -0.3 is 14.8 Å². The van der Waals surface area contributed by atoms with Crippen LogP contribution in [-0.2, 0) is 0 Å². The molecule has 1 aliphatic carbocycles. The van der Waals surface area contributed by atoms with Crippen LogP contribution in [0, 0.1) is 25.2 Å². The minimum Gasteiger partial charge on any atom is -0.338 e. The SMILES string of the molecule is Cc1cc(C)c(C(=O)N2CCC3(CCCN(CC4CCCCC4)C3)C2)c(=O)[nH]1. The van der Waals surface area contributed by atoms with Gasteiger partial charge in [-0.2, -0.15) is 0 Å². The molecule has 0 aromatic carbocycles. The first-order valence-corrected chi connectivity index (χ1v) is 11.2. The second kappa shape index (κ2) is 8.02. The predicted octanol–water partition coefficient (Wildman–Crippen LogP) is 3.50. The largest absolute Gasteiger partial charge is 0.338 e. The summed E-state index contributed by atoms with van der Waals surface area (Å²) < 4.78 is 0. The first-order valence-electron chi connectivity index (χ1n) is 11.2. The maximum Gasteiger partial charge on any atom is 0.261 e. The molecular formula is C23H35N3O2. The number of hydrogen-bond donors (Lipinski definition) is 1. The number of aromatic nitrogens is 1. The number of aryl methyl sites for hydroxylation is 2. The standard InChI is InChI=1S/C23H35N3O2/c1-17-13-18(2)24-21(27)20(17)22(28)26-12-10-23(16-26)9-6-11-25(15-23)14-19-7-4-3-5-8-19/h13,19H,3-12,14-16H2,1-2H3,(H,24,27). The number of rotatable bonds is 3. The van der Waals surface area contributed by atoms with Crippen molar-refractivity contribution in [1.82, 2.24) is 14.8 Å². The normalized spacial score (nSPS) is 26.9. The molecule has 28 heavy (non-hydrogen) atoms. The molecule has 5 nitrogen and oxygen atoms in total. The second-order valence-corrected chi connectivity index (χ2v) is 9.66. The van der Waals surface area contributed by atoms with Crippen molar-refractivity contribution < 1.29 is 4.79 Å². The Morgan fingerprint density at radius 2 is 1.89 bits per heavy atom. The summed E-state index contributed by atoms with van der Waals surface area (Å²) in [6.45, 7) is 8.89. The highest BCUT2D eigenvalue weighted by atomic mass is 16.2. The minimum absolute atomic E-state index is 0.0833. The van der Waals surface area contributed by atoms with Crippen molar-refractivity contribution >= 4 is 5.91 Å². The van der Waals surface area contributed by atoms with Crippen LogP contribution in [0.3, 0.4) is 0 Å². The van der Waals surface area contributed by atoms with Gasteiger partial charge in [0.05, 0.1) is 0 Å². The van der Waals surface area contributed by atoms with Crippen LogP contribution in [0.4, 0.5) is 0 Å². The van der Waals surface area contributed by atoms with Crippen LogP contribution in [-0.4, -0.2) is 53.4 Å². The van der Waals surface area contributed by atoms with Crippen LogP contribution in [0.5, 0.6) is 0 Å². The Labute approximate surface area is 168 Å². The highest BCUT2D eigenvalue weighted by Gasteiger charge is 2.43. The number of pyridine rings is 1. The Bertz CT molecular complexity index is 781. The van der Waals surface area contributed by atoms with Gasteiger partial charge in [0.25, 0.3) is 11.5 Å². The third kappa shape index (κ3) is 4.05. The van der Waals surface area contributed by atoms with Gasteiger partial charge >= 0.3 is 0 Å². The van der Waals surface area contributed by atoms with E-state index in [4.69, 9.17) is 0 Å². The van der Waals surface area contributed by atoms with E-state index in [1.165, 1.54) is 58.0 Å². The van der Waals surface area contributed by atoms with E-state index in [2.05, 4.69) is 9.88 Å². The Kier molecular flexibility index (Phi) is 5.64. The summed E-state index contributed by atoms with van der Waals surface area (Å²) in [7, 11) is 0. The Morgan fingerprint density at radius 1 is 1.11 bits per heavy atom. The molecule has 1 unspecified atom stereocenters. The van der Waals surface area contributed by atoms with Gasteiger partial charge in [0.2, 0.25) is 0 Å². The van der Waals surface area contributed by atoms with Gasteiger partial charge in [0.1, 0.15) is 5.56 Å². The van der Waals surface area contributed by atoms with Crippen molar-refractivity contribution in [2.75, 3.05) is 32.7 Å². The van der Waals surface area contributed by atoms with Crippen LogP contribution in [0.15, 0.2) is 10.9 Å². The number of aromatic amines is 1. The average molecular weight is 386 g/mol. The third-order valence-corrected chi connectivity index (χ3v) is 7.29. The van der Waals surface area contributed by atoms with Crippen LogP contribution in [0.25, 0.3) is 0 Å². The van der Waals surface area contributed by atoms with Crippen molar-refractivity contribution in [2.45, 2.75) is 65.2 Å². The molecule has 3 aliphatic rings. The molecule has 1 aromatic rings. The molecular weight excluding hydrogens is 350 g/mol. The molecule has 3 heterocycles. The first kappa shape index (κ1) is 19.7. The third-order valence-electron chi connectivity index (χ3n) is 7.29. The van der Waals surface area contributed by atoms with E-state index in [1.807, 2.05) is 24.8 Å². The maximum absolute atomic E-state index is 13.1. The summed E-state index contributed by atoms with van der Waals surface area (Å²) in [6, 6.07) is 1.90. The number of amides is 1. The summed E-state index contributed by atoms with van der Waals surface area (Å²) in [5.41, 5.74) is 1.91. The number of nitrogens with zero attached hydrogens (tertiary/aromatic N) is 2. The number of piperidine rings is 1. The fourth-order valence-electron chi connectivity index (χ4n) is 5.92. The lowest BCUT2D eigenvalue weighted by atomic mass is 9.78. The topological polar surface area (TPSA) is 56.4 Å². The van der Waals surface area contributed by atoms with Gasteiger partial charge in [-0.25, -0.2) is 0 Å². The highest BCUT2D eigenvalue weighted by molar-refractivity contribution is 5.95. The Morgan fingerprint density at radius 3 is 2.64 bits per heavy atom. The van der Waals surface area contributed by atoms with E-state index in [0.717, 1.165) is 43.2 Å². The molecule has 0 bridgehead atoms. The highest BCUT2D eigenvalue weighted by Crippen LogP contribution is 2.40. The van der Waals surface area contributed by atoms with E-state index in [1.54, 1.807) is 0 Å². The molecule has 2 saturated heterocycles. The number of hydrogen-bond acceptors (Lipinski definition) is 3. The number of nitrogens with one attached hydrogen (secondary N) is 1. The van der Waals surface area contributed by atoms with Crippen molar-refractivity contribution in [1.29, 1.82) is 0 Å². The Balaban J connectivity index is 1.42. The van der Waals surface area contributed by atoms with Gasteiger partial charge in [-0.3, -0.25) is 9.59 Å². The monoisotopic (exact) mass is 385 g/mol. The lowest BCUT2D eigenvalue weighted by molar-refractivity contribution is 0.0629. The van der Waals surface area contributed by atoms with Gasteiger partial charge in [0.15, 0.2) is 0 Å². The van der Waals surface area contributed by atoms with E-state index in [9.17, 15) is 9.59 Å². The number of likely N-dealkylation sites (tertiary alicyclic amines) is 2. The van der Waals surface area contributed by atoms with Crippen molar-refractivity contribution in [3.8, 4) is 0 Å². The molecule has 5 heteroatoms. The molecule has 2 aliphatic heterocycles. The zero-order chi connectivity index (χ0) is 19.7. The zero-order valence-corrected chi connectivity index (χ0v) is 17.6. The summed E-state index contributed by atoms with van der Waals surface area (Å²) in [6.07, 6.45) is 10.5. The molecule has 1 amide bonds. The van der Waals surface area contributed by atoms with E-state index >= 15 is 0 Å². The second-order valence-electron chi connectivity index (χ2n) is 9.66. The quantitative estimate of drug-likeness (QED) is 0.866. The van der Waals surface area contributed by atoms with Crippen LogP contribution in [0.1, 0.15) is 73.0 Å². The fraction of sp³-hybridized carbons (Fsp3) is 0.739. The summed E-state index contributed by atoms with van der Waals surface area (Å²) in [4.78, 5) is 32.9. The lowest BCUT2D eigenvalue weighted by Gasteiger charge is -2.42. The first-order chi connectivity index (χ1) is 13.5. The van der Waals surface area contributed by atoms with Gasteiger partial charge in [-0.1, -0.05) is 19.3 Å². The van der Waals surface area contributed by atoms with Crippen LogP contribution < -0.4 is 5.56 Å². The van der Waals surface area contributed by atoms with E-state index < -0.39 is 0 Å². The Hall–Kier alpha value is -1.62. The zero-order valence-electron chi connectivity index (χ0n) is 17.6. The number of carbonyl (C=O) groups is 1. The molecule has 1 atom stereocenters. The van der Waals surface area contributed by atoms with Crippen molar-refractivity contribution in [2.24, 2.45) is 11.3 Å². The van der Waals surface area contributed by atoms with Gasteiger partial charge in [-0.05, 0) is 70.0 Å². The van der Waals surface area contributed by atoms with Gasteiger partial charge in [-0.15, -0.1) is 0 Å². The maximum atomic E-state index is 13.1. The number of H-pyrrole nitrogens is 1. The van der Waals surface area contributed by atoms with Gasteiger partial charge in [0, 0.05) is 37.3 Å². The van der Waals surface area contributed by atoms with Crippen molar-refractivity contribution in [3.05, 3.63) is 33.2 Å². The molecule has 0 radical (unpaired) electrons. The molecule has 1 saturated carbocycles. The summed E-state index contributed by atoms with van der Waals surface area (Å²) in [5.74, 6) is 0.789. The number of carbonyl (C=O) groups excluding carboxylic acids is 1. The van der Waals surface area contributed by atoms with Crippen LogP contribution >= 0.6 is 0 Å². The van der Waals surface area contributed by atoms with Crippen molar-refractivity contribution in [3.63, 3.8) is 0 Å². The predicted molar refractivity (Wildman–Crippen MR) is 112 cm³/mol. The smallest absolute Gasteiger partial charge is 0.261 e. The molecule has 1 N–H and O–H groups in total. The average Bonchev–Trinajstić information content (AvgIpc) is 3.05. The molecule has 4 rings (SSSR count). The molecule has 3 fully saturated rings. The molecule has 154 valence electrons. The fourth-order valence-corrected chi connectivity index (χ4v) is 5.92. The molecule has 1 spiro atoms. The minimum atomic E-state index is -0.244. The summed E-state index contributed by atoms with van der Waals surface area (Å²) in [5, 5.41) is 0. The van der Waals surface area contributed by atoms with E-state index in [0.29, 0.717) is 5.56 Å².